The minimum atomic E-state index is -0.649. The fraction of sp³-hybridized carbons (Fsp3) is 0.471. The molecule has 0 aliphatic heterocycles. The average molecular weight is 287 g/mol. The second kappa shape index (κ2) is 5.90. The number of aryl methyl sites for hydroxylation is 1. The van der Waals surface area contributed by atoms with Crippen LogP contribution in [0.4, 0.5) is 0 Å². The van der Waals surface area contributed by atoms with E-state index in [0.717, 1.165) is 49.1 Å². The molecule has 4 nitrogen and oxygen atoms in total. The lowest BCUT2D eigenvalue weighted by Gasteiger charge is -2.16. The lowest BCUT2D eigenvalue weighted by molar-refractivity contribution is -0.142. The number of fused-ring (bicyclic) bond motifs is 1. The molecule has 1 heterocycles. The molecule has 2 N–H and O–H groups in total. The highest BCUT2D eigenvalue weighted by molar-refractivity contribution is 5.82. The van der Waals surface area contributed by atoms with Gasteiger partial charge in [-0.3, -0.25) is 4.79 Å². The molecule has 1 aromatic carbocycles. The van der Waals surface area contributed by atoms with E-state index < -0.39 is 5.97 Å². The molecular weight excluding hydrogens is 266 g/mol. The molecule has 2 aromatic rings. The van der Waals surface area contributed by atoms with E-state index in [1.54, 1.807) is 0 Å². The van der Waals surface area contributed by atoms with Gasteiger partial charge in [-0.2, -0.15) is 0 Å². The fourth-order valence-corrected chi connectivity index (χ4v) is 3.43. The Balaban J connectivity index is 1.64. The Morgan fingerprint density at radius 1 is 1.38 bits per heavy atom. The van der Waals surface area contributed by atoms with Gasteiger partial charge in [-0.15, -0.1) is 0 Å². The van der Waals surface area contributed by atoms with Crippen molar-refractivity contribution in [2.75, 3.05) is 6.54 Å². The lowest BCUT2D eigenvalue weighted by Crippen LogP contribution is -2.28. The van der Waals surface area contributed by atoms with Gasteiger partial charge in [0.1, 0.15) is 11.3 Å². The highest BCUT2D eigenvalue weighted by Crippen LogP contribution is 2.31. The van der Waals surface area contributed by atoms with Crippen molar-refractivity contribution in [2.24, 2.45) is 11.8 Å². The maximum atomic E-state index is 11.2. The van der Waals surface area contributed by atoms with Gasteiger partial charge in [-0.25, -0.2) is 0 Å². The van der Waals surface area contributed by atoms with Crippen LogP contribution in [0.25, 0.3) is 11.0 Å². The molecule has 112 valence electrons. The van der Waals surface area contributed by atoms with Crippen LogP contribution in [0.1, 0.15) is 30.6 Å². The molecule has 0 amide bonds. The number of carboxylic acids is 1. The molecule has 1 aromatic heterocycles. The van der Waals surface area contributed by atoms with E-state index in [1.807, 2.05) is 25.1 Å². The number of carbonyl (C=O) groups is 1. The van der Waals surface area contributed by atoms with E-state index in [0.29, 0.717) is 0 Å². The van der Waals surface area contributed by atoms with Crippen molar-refractivity contribution in [3.63, 3.8) is 0 Å². The Kier molecular flexibility index (Phi) is 3.97. The van der Waals surface area contributed by atoms with Crippen molar-refractivity contribution < 1.29 is 14.3 Å². The van der Waals surface area contributed by atoms with Crippen molar-refractivity contribution >= 4 is 16.9 Å². The first-order valence-electron chi connectivity index (χ1n) is 7.57. The summed E-state index contributed by atoms with van der Waals surface area (Å²) >= 11 is 0. The number of para-hydroxylation sites is 1. The standard InChI is InChI=1S/C17H21NO3/c1-11-15(14-6-2-3-8-16(14)21-11)10-18-9-12-5-4-7-13(12)17(19)20/h2-3,6,8,12-13,18H,4-5,7,9-10H2,1H3,(H,19,20). The van der Waals surface area contributed by atoms with Crippen molar-refractivity contribution in [3.8, 4) is 0 Å². The summed E-state index contributed by atoms with van der Waals surface area (Å²) in [6.45, 7) is 3.47. The normalized spacial score (nSPS) is 22.0. The van der Waals surface area contributed by atoms with E-state index in [1.165, 1.54) is 5.56 Å². The predicted molar refractivity (Wildman–Crippen MR) is 81.1 cm³/mol. The van der Waals surface area contributed by atoms with Gasteiger partial charge in [-0.1, -0.05) is 24.6 Å². The van der Waals surface area contributed by atoms with Gasteiger partial charge in [0, 0.05) is 17.5 Å². The number of hydrogen-bond donors (Lipinski definition) is 2. The highest BCUT2D eigenvalue weighted by atomic mass is 16.4. The fourth-order valence-electron chi connectivity index (χ4n) is 3.43. The van der Waals surface area contributed by atoms with Crippen LogP contribution < -0.4 is 5.32 Å². The second-order valence-electron chi connectivity index (χ2n) is 5.90. The SMILES string of the molecule is Cc1oc2ccccc2c1CNCC1CCCC1C(=O)O. The van der Waals surface area contributed by atoms with Crippen molar-refractivity contribution in [1.29, 1.82) is 0 Å². The minimum absolute atomic E-state index is 0.181. The molecule has 0 saturated heterocycles. The maximum absolute atomic E-state index is 11.2. The summed E-state index contributed by atoms with van der Waals surface area (Å²) in [6.07, 6.45) is 2.85. The van der Waals surface area contributed by atoms with Crippen LogP contribution in [-0.4, -0.2) is 17.6 Å². The summed E-state index contributed by atoms with van der Waals surface area (Å²) in [4.78, 5) is 11.2. The Labute approximate surface area is 124 Å². The summed E-state index contributed by atoms with van der Waals surface area (Å²) in [6, 6.07) is 8.03. The Hall–Kier alpha value is -1.81. The van der Waals surface area contributed by atoms with E-state index in [2.05, 4.69) is 11.4 Å². The van der Waals surface area contributed by atoms with Crippen LogP contribution in [0.5, 0.6) is 0 Å². The summed E-state index contributed by atoms with van der Waals surface area (Å²) in [7, 11) is 0. The Morgan fingerprint density at radius 3 is 3.00 bits per heavy atom. The third kappa shape index (κ3) is 2.81. The molecule has 1 fully saturated rings. The van der Waals surface area contributed by atoms with Gasteiger partial charge in [0.25, 0.3) is 0 Å². The molecule has 2 unspecified atom stereocenters. The van der Waals surface area contributed by atoms with Gasteiger partial charge in [0.05, 0.1) is 5.92 Å². The molecule has 1 aliphatic rings. The first-order chi connectivity index (χ1) is 10.2. The molecule has 3 rings (SSSR count). The number of aliphatic carboxylic acids is 1. The molecule has 2 atom stereocenters. The molecule has 4 heteroatoms. The van der Waals surface area contributed by atoms with Gasteiger partial charge < -0.3 is 14.8 Å². The van der Waals surface area contributed by atoms with E-state index in [4.69, 9.17) is 4.42 Å². The minimum Gasteiger partial charge on any atom is -0.481 e. The molecule has 1 saturated carbocycles. The summed E-state index contributed by atoms with van der Waals surface area (Å²) < 4.78 is 5.75. The third-order valence-electron chi connectivity index (χ3n) is 4.58. The van der Waals surface area contributed by atoms with Gasteiger partial charge in [-0.05, 0) is 38.3 Å². The molecular formula is C17H21NO3. The maximum Gasteiger partial charge on any atom is 0.306 e. The summed E-state index contributed by atoms with van der Waals surface area (Å²) in [5, 5.41) is 13.8. The van der Waals surface area contributed by atoms with E-state index in [9.17, 15) is 9.90 Å². The molecule has 0 spiro atoms. The quantitative estimate of drug-likeness (QED) is 0.885. The first kappa shape index (κ1) is 14.1. The van der Waals surface area contributed by atoms with Gasteiger partial charge in [0.2, 0.25) is 0 Å². The van der Waals surface area contributed by atoms with E-state index in [-0.39, 0.29) is 11.8 Å². The van der Waals surface area contributed by atoms with Crippen LogP contribution in [0.2, 0.25) is 0 Å². The molecule has 0 radical (unpaired) electrons. The van der Waals surface area contributed by atoms with E-state index >= 15 is 0 Å². The lowest BCUT2D eigenvalue weighted by atomic mass is 9.96. The third-order valence-corrected chi connectivity index (χ3v) is 4.58. The van der Waals surface area contributed by atoms with Crippen LogP contribution in [0.15, 0.2) is 28.7 Å². The average Bonchev–Trinajstić information content (AvgIpc) is 3.04. The van der Waals surface area contributed by atoms with Crippen LogP contribution in [0.3, 0.4) is 0 Å². The predicted octanol–water partition coefficient (Wildman–Crippen LogP) is 3.33. The largest absolute Gasteiger partial charge is 0.481 e. The second-order valence-corrected chi connectivity index (χ2v) is 5.90. The number of hydrogen-bond acceptors (Lipinski definition) is 3. The van der Waals surface area contributed by atoms with Crippen molar-refractivity contribution in [3.05, 3.63) is 35.6 Å². The summed E-state index contributed by atoms with van der Waals surface area (Å²) in [5.74, 6) is 0.356. The number of nitrogens with one attached hydrogen (secondary N) is 1. The van der Waals surface area contributed by atoms with Gasteiger partial charge in [0.15, 0.2) is 0 Å². The number of furan rings is 1. The molecule has 1 aliphatic carbocycles. The zero-order valence-electron chi connectivity index (χ0n) is 12.3. The van der Waals surface area contributed by atoms with Crippen molar-refractivity contribution in [2.45, 2.75) is 32.7 Å². The monoisotopic (exact) mass is 287 g/mol. The van der Waals surface area contributed by atoms with Crippen LogP contribution in [-0.2, 0) is 11.3 Å². The number of rotatable bonds is 5. The van der Waals surface area contributed by atoms with Crippen molar-refractivity contribution in [1.82, 2.24) is 5.32 Å². The topological polar surface area (TPSA) is 62.5 Å². The Bertz CT molecular complexity index is 647. The molecule has 21 heavy (non-hydrogen) atoms. The highest BCUT2D eigenvalue weighted by Gasteiger charge is 2.32. The smallest absolute Gasteiger partial charge is 0.306 e. The first-order valence-corrected chi connectivity index (χ1v) is 7.57. The number of benzene rings is 1. The Morgan fingerprint density at radius 2 is 2.19 bits per heavy atom. The van der Waals surface area contributed by atoms with Gasteiger partial charge >= 0.3 is 5.97 Å². The number of carboxylic acid groups (broad SMARTS) is 1. The zero-order valence-corrected chi connectivity index (χ0v) is 12.3. The molecule has 0 bridgehead atoms. The summed E-state index contributed by atoms with van der Waals surface area (Å²) in [5.41, 5.74) is 2.09. The zero-order chi connectivity index (χ0) is 14.8. The van der Waals surface area contributed by atoms with Crippen LogP contribution >= 0.6 is 0 Å². The van der Waals surface area contributed by atoms with Crippen LogP contribution in [0, 0.1) is 18.8 Å².